The van der Waals surface area contributed by atoms with Gasteiger partial charge in [-0.3, -0.25) is 4.79 Å². The lowest BCUT2D eigenvalue weighted by Crippen LogP contribution is -2.41. The monoisotopic (exact) mass is 997 g/mol. The van der Waals surface area contributed by atoms with Crippen LogP contribution in [0.4, 0.5) is 0 Å². The molecule has 1 saturated heterocycles. The van der Waals surface area contributed by atoms with Crippen LogP contribution in [0.3, 0.4) is 0 Å². The third kappa shape index (κ3) is 13.9. The van der Waals surface area contributed by atoms with E-state index < -0.39 is 37.1 Å². The Hall–Kier alpha value is -6.38. The van der Waals surface area contributed by atoms with E-state index in [0.29, 0.717) is 59.8 Å². The van der Waals surface area contributed by atoms with Gasteiger partial charge in [0.05, 0.1) is 45.6 Å². The number of benzene rings is 4. The lowest BCUT2D eigenvalue weighted by molar-refractivity contribution is 0.0696. The number of hydrogen-bond donors (Lipinski definition) is 4. The van der Waals surface area contributed by atoms with Crippen molar-refractivity contribution >= 4 is 31.9 Å². The zero-order valence-corrected chi connectivity index (χ0v) is 42.5. The van der Waals surface area contributed by atoms with Crippen molar-refractivity contribution < 1.29 is 45.7 Å². The van der Waals surface area contributed by atoms with E-state index in [-0.39, 0.29) is 29.1 Å². The van der Waals surface area contributed by atoms with E-state index in [1.807, 2.05) is 96.1 Å². The summed E-state index contributed by atoms with van der Waals surface area (Å²) in [6.07, 6.45) is 2.10. The molecule has 4 aromatic carbocycles. The van der Waals surface area contributed by atoms with Crippen LogP contribution in [0, 0.1) is 0 Å². The third-order valence-electron chi connectivity index (χ3n) is 11.6. The highest BCUT2D eigenvalue weighted by Crippen LogP contribution is 2.33. The molecule has 6 aromatic rings. The van der Waals surface area contributed by atoms with Gasteiger partial charge in [-0.15, -0.1) is 0 Å². The maximum absolute atomic E-state index is 12.5. The molecule has 17 nitrogen and oxygen atoms in total. The van der Waals surface area contributed by atoms with Crippen molar-refractivity contribution in [2.24, 2.45) is 0 Å². The molecule has 0 radical (unpaired) electrons. The Kier molecular flexibility index (Phi) is 17.1. The predicted molar refractivity (Wildman–Crippen MR) is 269 cm³/mol. The minimum Gasteiger partial charge on any atom is -0.478 e. The van der Waals surface area contributed by atoms with Crippen molar-refractivity contribution in [2.45, 2.75) is 98.5 Å². The fraction of sp³-hybridized carbons (Fsp3) is 0.373. The number of amides is 1. The van der Waals surface area contributed by atoms with Crippen LogP contribution in [-0.2, 0) is 49.0 Å². The number of nitrogens with one attached hydrogen (secondary N) is 3. The Morgan fingerprint density at radius 1 is 0.671 bits per heavy atom. The molecule has 1 aliphatic heterocycles. The smallest absolute Gasteiger partial charge is 0.335 e. The van der Waals surface area contributed by atoms with Crippen molar-refractivity contribution in [2.75, 3.05) is 24.7 Å². The zero-order valence-electron chi connectivity index (χ0n) is 40.9. The number of carboxylic acid groups (broad SMARTS) is 1. The highest BCUT2D eigenvalue weighted by molar-refractivity contribution is 7.89. The average molecular weight is 998 g/mol. The third-order valence-corrected chi connectivity index (χ3v) is 14.8. The van der Waals surface area contributed by atoms with Crippen LogP contribution in [0.15, 0.2) is 109 Å². The van der Waals surface area contributed by atoms with Crippen molar-refractivity contribution in [3.63, 3.8) is 0 Å². The zero-order chi connectivity index (χ0) is 50.9. The summed E-state index contributed by atoms with van der Waals surface area (Å²) in [5, 5.41) is 21.3. The summed E-state index contributed by atoms with van der Waals surface area (Å²) in [6, 6.07) is 32.0. The van der Waals surface area contributed by atoms with Crippen molar-refractivity contribution in [1.82, 2.24) is 34.3 Å². The lowest BCUT2D eigenvalue weighted by atomic mass is 9.93. The number of hydrogen-bond acceptors (Lipinski definition) is 11. The van der Waals surface area contributed by atoms with Crippen molar-refractivity contribution in [1.29, 1.82) is 0 Å². The van der Waals surface area contributed by atoms with Crippen molar-refractivity contribution in [3.8, 4) is 45.8 Å². The molecule has 0 saturated carbocycles. The molecule has 1 amide bonds. The number of carbonyl (C=O) groups excluding carboxylic acids is 1. The van der Waals surface area contributed by atoms with E-state index in [0.717, 1.165) is 41.7 Å². The van der Waals surface area contributed by atoms with Crippen LogP contribution >= 0.6 is 0 Å². The second kappa shape index (κ2) is 22.6. The topological polar surface area (TPSA) is 222 Å². The Labute approximate surface area is 410 Å². The number of ether oxygens (including phenoxy) is 3. The van der Waals surface area contributed by atoms with Crippen LogP contribution in [0.25, 0.3) is 22.5 Å². The van der Waals surface area contributed by atoms with Gasteiger partial charge in [-0.05, 0) is 140 Å². The van der Waals surface area contributed by atoms with Crippen molar-refractivity contribution in [3.05, 3.63) is 131 Å². The molecule has 1 unspecified atom stereocenters. The molecular formula is C51H63N7O10S2. The number of aromatic carboxylic acids is 1. The Morgan fingerprint density at radius 3 is 1.50 bits per heavy atom. The fourth-order valence-electron chi connectivity index (χ4n) is 7.57. The van der Waals surface area contributed by atoms with E-state index >= 15 is 0 Å². The van der Waals surface area contributed by atoms with E-state index in [2.05, 4.69) is 19.9 Å². The number of sulfonamides is 2. The van der Waals surface area contributed by atoms with Gasteiger partial charge >= 0.3 is 5.97 Å². The summed E-state index contributed by atoms with van der Waals surface area (Å²) in [4.78, 5) is 23.5. The summed E-state index contributed by atoms with van der Waals surface area (Å²) in [5.41, 5.74) is 3.87. The molecule has 0 spiro atoms. The summed E-state index contributed by atoms with van der Waals surface area (Å²) in [5.74, 6) is 1.05. The molecular weight excluding hydrogens is 935 g/mol. The second-order valence-electron chi connectivity index (χ2n) is 17.7. The molecule has 1 aliphatic rings. The van der Waals surface area contributed by atoms with Gasteiger partial charge in [0.2, 0.25) is 31.8 Å². The predicted octanol–water partition coefficient (Wildman–Crippen LogP) is 8.68. The van der Waals surface area contributed by atoms with E-state index in [9.17, 15) is 26.4 Å². The minimum atomic E-state index is -3.38. The SMILES string of the molecule is CCn1nc(-c2cccc(C(C)(C)NS(=O)(=O)CC)c2)cc1Oc1ccc(C(=O)NCC2CCCO2)cc1.CCn1nc(-c2cccc(C(C)(C)NS(=O)(=O)CC)c2)cc1Oc1ccc(C(=O)O)cc1. The van der Waals surface area contributed by atoms with Gasteiger partial charge in [-0.1, -0.05) is 36.4 Å². The minimum absolute atomic E-state index is 0.00513. The first-order valence-corrected chi connectivity index (χ1v) is 26.5. The normalized spacial score (nSPS) is 14.1. The van der Waals surface area contributed by atoms with Crippen LogP contribution < -0.4 is 24.2 Å². The summed E-state index contributed by atoms with van der Waals surface area (Å²) in [7, 11) is -6.76. The lowest BCUT2D eigenvalue weighted by Gasteiger charge is -2.26. The number of carboxylic acids is 1. The summed E-state index contributed by atoms with van der Waals surface area (Å²) in [6.45, 7) is 16.9. The maximum Gasteiger partial charge on any atom is 0.335 e. The maximum atomic E-state index is 12.5. The average Bonchev–Trinajstić information content (AvgIpc) is 4.12. The molecule has 374 valence electrons. The van der Waals surface area contributed by atoms with Gasteiger partial charge in [-0.2, -0.15) is 10.2 Å². The summed E-state index contributed by atoms with van der Waals surface area (Å²) >= 11 is 0. The molecule has 1 fully saturated rings. The first kappa shape index (κ1) is 53.0. The Balaban J connectivity index is 0.000000233. The molecule has 0 bridgehead atoms. The number of nitrogens with zero attached hydrogens (tertiary/aromatic N) is 4. The molecule has 19 heteroatoms. The number of carbonyl (C=O) groups is 2. The quantitative estimate of drug-likeness (QED) is 0.0564. The molecule has 7 rings (SSSR count). The number of rotatable bonds is 20. The van der Waals surface area contributed by atoms with Crippen LogP contribution in [0.5, 0.6) is 23.3 Å². The van der Waals surface area contributed by atoms with Crippen LogP contribution in [0.2, 0.25) is 0 Å². The molecule has 3 heterocycles. The standard InChI is InChI=1S/C28H36N4O5S.C23H27N3O5S/c1-5-32-26(37-23-14-12-20(13-15-23)27(33)29-19-24-11-8-16-36-24)18-25(30-32)21-9-7-10-22(17-21)28(3,4)31-38(34,35)6-2;1-5-26-21(31-19-12-10-16(11-13-19)22(27)28)15-20(24-26)17-8-7-9-18(14-17)23(3,4)25-32(29,30)6-2/h7,9-10,12-15,17-18,24,31H,5-6,8,11,16,19H2,1-4H3,(H,29,33);7-15,25H,5-6H2,1-4H3,(H,27,28). The van der Waals surface area contributed by atoms with Gasteiger partial charge < -0.3 is 24.6 Å². The molecule has 1 atom stereocenters. The van der Waals surface area contributed by atoms with Gasteiger partial charge in [0.15, 0.2) is 0 Å². The highest BCUT2D eigenvalue weighted by Gasteiger charge is 2.28. The molecule has 70 heavy (non-hydrogen) atoms. The number of aromatic nitrogens is 4. The van der Waals surface area contributed by atoms with E-state index in [1.54, 1.807) is 65.7 Å². The van der Waals surface area contributed by atoms with Gasteiger partial charge in [0.25, 0.3) is 5.91 Å². The largest absolute Gasteiger partial charge is 0.478 e. The molecule has 4 N–H and O–H groups in total. The van der Waals surface area contributed by atoms with E-state index in [4.69, 9.17) is 24.4 Å². The number of aryl methyl sites for hydroxylation is 2. The van der Waals surface area contributed by atoms with Gasteiger partial charge in [0.1, 0.15) is 11.5 Å². The first-order valence-electron chi connectivity index (χ1n) is 23.2. The van der Waals surface area contributed by atoms with E-state index in [1.165, 1.54) is 12.1 Å². The van der Waals surface area contributed by atoms with Crippen LogP contribution in [0.1, 0.15) is 100 Å². The Bertz CT molecular complexity index is 2980. The second-order valence-corrected chi connectivity index (χ2v) is 21.7. The van der Waals surface area contributed by atoms with Gasteiger partial charge in [0, 0.05) is 55.1 Å². The fourth-order valence-corrected chi connectivity index (χ4v) is 9.65. The molecule has 0 aliphatic carbocycles. The molecule has 2 aromatic heterocycles. The Morgan fingerprint density at radius 2 is 1.11 bits per heavy atom. The highest BCUT2D eigenvalue weighted by atomic mass is 32.2. The summed E-state index contributed by atoms with van der Waals surface area (Å²) < 4.78 is 75.1. The first-order chi connectivity index (χ1) is 33.1. The van der Waals surface area contributed by atoms with Gasteiger partial charge in [-0.25, -0.2) is 40.4 Å². The van der Waals surface area contributed by atoms with Crippen LogP contribution in [-0.4, -0.2) is 84.1 Å².